The van der Waals surface area contributed by atoms with E-state index in [1.165, 1.54) is 0 Å². The molecule has 1 unspecified atom stereocenters. The molecule has 0 radical (unpaired) electrons. The van der Waals surface area contributed by atoms with Crippen LogP contribution in [0.2, 0.25) is 0 Å². The minimum Gasteiger partial charge on any atom is -0.381 e. The Morgan fingerprint density at radius 2 is 1.89 bits per heavy atom. The minimum absolute atomic E-state index is 0.410. The number of nitrogens with one attached hydrogen (secondary N) is 1. The molecule has 1 heterocycles. The van der Waals surface area contributed by atoms with Crippen molar-refractivity contribution in [2.24, 2.45) is 0 Å². The van der Waals surface area contributed by atoms with Crippen molar-refractivity contribution in [3.05, 3.63) is 36.4 Å². The summed E-state index contributed by atoms with van der Waals surface area (Å²) in [6.45, 7) is 0. The Morgan fingerprint density at radius 1 is 1.11 bits per heavy atom. The second kappa shape index (κ2) is 4.64. The molecule has 0 bridgehead atoms. The number of aromatic nitrogens is 2. The second-order valence-corrected chi connectivity index (χ2v) is 4.57. The van der Waals surface area contributed by atoms with E-state index < -0.39 is 0 Å². The van der Waals surface area contributed by atoms with E-state index in [0.29, 0.717) is 17.7 Å². The summed E-state index contributed by atoms with van der Waals surface area (Å²) >= 11 is 0. The summed E-state index contributed by atoms with van der Waals surface area (Å²) in [4.78, 5) is 8.92. The first-order chi connectivity index (χ1) is 8.83. The fraction of sp³-hybridized carbons (Fsp3) is 0.286. The molecule has 1 aromatic carbocycles. The Bertz CT molecular complexity index is 591. The average molecular weight is 240 g/mol. The van der Waals surface area contributed by atoms with Crippen molar-refractivity contribution < 1.29 is 0 Å². The number of hydrogen-bond donors (Lipinski definition) is 2. The van der Waals surface area contributed by atoms with Crippen LogP contribution < -0.4 is 11.1 Å². The van der Waals surface area contributed by atoms with E-state index in [9.17, 15) is 0 Å². The van der Waals surface area contributed by atoms with Gasteiger partial charge in [0.25, 0.3) is 0 Å². The van der Waals surface area contributed by atoms with Crippen LogP contribution in [-0.2, 0) is 0 Å². The van der Waals surface area contributed by atoms with Gasteiger partial charge in [-0.3, -0.25) is 0 Å². The van der Waals surface area contributed by atoms with Crippen molar-refractivity contribution in [2.75, 3.05) is 11.1 Å². The van der Waals surface area contributed by atoms with Crippen molar-refractivity contribution in [2.45, 2.75) is 25.3 Å². The molecule has 18 heavy (non-hydrogen) atoms. The van der Waals surface area contributed by atoms with Crippen LogP contribution in [-0.4, -0.2) is 16.0 Å². The highest BCUT2D eigenvalue weighted by Crippen LogP contribution is 2.22. The molecule has 1 aliphatic rings. The molecule has 3 N–H and O–H groups in total. The van der Waals surface area contributed by atoms with Crippen LogP contribution in [0.25, 0.3) is 11.0 Å². The molecular formula is C14H16N4. The molecule has 4 heteroatoms. The third-order valence-corrected chi connectivity index (χ3v) is 3.21. The highest BCUT2D eigenvalue weighted by Gasteiger charge is 2.13. The number of anilines is 2. The largest absolute Gasteiger partial charge is 0.381 e. The lowest BCUT2D eigenvalue weighted by molar-refractivity contribution is 0.642. The van der Waals surface area contributed by atoms with E-state index in [1.54, 1.807) is 0 Å². The van der Waals surface area contributed by atoms with Gasteiger partial charge in [-0.15, -0.1) is 0 Å². The maximum atomic E-state index is 5.95. The Labute approximate surface area is 106 Å². The zero-order valence-corrected chi connectivity index (χ0v) is 10.1. The van der Waals surface area contributed by atoms with Gasteiger partial charge in [0.2, 0.25) is 0 Å². The Kier molecular flexibility index (Phi) is 2.84. The molecule has 0 aliphatic heterocycles. The number of rotatable bonds is 2. The fourth-order valence-corrected chi connectivity index (χ4v) is 2.24. The van der Waals surface area contributed by atoms with Crippen LogP contribution in [0.1, 0.15) is 19.3 Å². The normalized spacial score (nSPS) is 19.0. The quantitative estimate of drug-likeness (QED) is 0.792. The first-order valence-corrected chi connectivity index (χ1v) is 6.27. The molecule has 3 rings (SSSR count). The molecular weight excluding hydrogens is 224 g/mol. The smallest absolute Gasteiger partial charge is 0.169 e. The predicted molar refractivity (Wildman–Crippen MR) is 74.4 cm³/mol. The molecule has 4 nitrogen and oxygen atoms in total. The van der Waals surface area contributed by atoms with Gasteiger partial charge in [0.05, 0.1) is 11.0 Å². The molecule has 1 aliphatic carbocycles. The third kappa shape index (κ3) is 2.14. The Balaban J connectivity index is 1.91. The molecule has 0 fully saturated rings. The van der Waals surface area contributed by atoms with Crippen LogP contribution >= 0.6 is 0 Å². The lowest BCUT2D eigenvalue weighted by atomic mass is 10.0. The summed E-state index contributed by atoms with van der Waals surface area (Å²) in [7, 11) is 0. The van der Waals surface area contributed by atoms with E-state index in [-0.39, 0.29) is 0 Å². The highest BCUT2D eigenvalue weighted by atomic mass is 15.1. The maximum Gasteiger partial charge on any atom is 0.169 e. The van der Waals surface area contributed by atoms with Crippen LogP contribution in [0.5, 0.6) is 0 Å². The van der Waals surface area contributed by atoms with E-state index >= 15 is 0 Å². The average Bonchev–Trinajstić information content (AvgIpc) is 2.41. The van der Waals surface area contributed by atoms with E-state index in [0.717, 1.165) is 30.3 Å². The summed E-state index contributed by atoms with van der Waals surface area (Å²) in [5.41, 5.74) is 7.66. The number of fused-ring (bicyclic) bond motifs is 1. The zero-order chi connectivity index (χ0) is 12.4. The Hall–Kier alpha value is -2.10. The van der Waals surface area contributed by atoms with E-state index in [4.69, 9.17) is 5.73 Å². The van der Waals surface area contributed by atoms with Gasteiger partial charge in [-0.2, -0.15) is 0 Å². The van der Waals surface area contributed by atoms with E-state index in [1.807, 2.05) is 24.3 Å². The summed E-state index contributed by atoms with van der Waals surface area (Å²) < 4.78 is 0. The minimum atomic E-state index is 0.410. The summed E-state index contributed by atoms with van der Waals surface area (Å²) in [6.07, 6.45) is 7.66. The zero-order valence-electron chi connectivity index (χ0n) is 10.1. The van der Waals surface area contributed by atoms with Gasteiger partial charge in [0.15, 0.2) is 11.6 Å². The SMILES string of the molecule is Nc1nc2ccccc2nc1NC1CC=CCC1. The summed E-state index contributed by atoms with van der Waals surface area (Å²) in [5.74, 6) is 1.18. The molecule has 0 saturated heterocycles. The lowest BCUT2D eigenvalue weighted by Crippen LogP contribution is -2.22. The second-order valence-electron chi connectivity index (χ2n) is 4.57. The van der Waals surface area contributed by atoms with Gasteiger partial charge in [0.1, 0.15) is 0 Å². The molecule has 1 aromatic heterocycles. The monoisotopic (exact) mass is 240 g/mol. The third-order valence-electron chi connectivity index (χ3n) is 3.21. The lowest BCUT2D eigenvalue weighted by Gasteiger charge is -2.20. The maximum absolute atomic E-state index is 5.95. The fourth-order valence-electron chi connectivity index (χ4n) is 2.24. The molecule has 2 aromatic rings. The first kappa shape index (κ1) is 11.0. The van der Waals surface area contributed by atoms with Gasteiger partial charge in [-0.05, 0) is 31.4 Å². The Morgan fingerprint density at radius 3 is 2.61 bits per heavy atom. The number of benzene rings is 1. The van der Waals surface area contributed by atoms with Gasteiger partial charge in [0, 0.05) is 6.04 Å². The van der Waals surface area contributed by atoms with Gasteiger partial charge in [-0.25, -0.2) is 9.97 Å². The number of nitrogen functional groups attached to an aromatic ring is 1. The molecule has 0 amide bonds. The topological polar surface area (TPSA) is 63.8 Å². The van der Waals surface area contributed by atoms with Crippen LogP contribution in [0.3, 0.4) is 0 Å². The molecule has 0 saturated carbocycles. The number of nitrogens with two attached hydrogens (primary N) is 1. The molecule has 92 valence electrons. The number of para-hydroxylation sites is 2. The van der Waals surface area contributed by atoms with Crippen molar-refractivity contribution >= 4 is 22.7 Å². The van der Waals surface area contributed by atoms with Gasteiger partial charge >= 0.3 is 0 Å². The van der Waals surface area contributed by atoms with Crippen molar-refractivity contribution in [3.8, 4) is 0 Å². The number of nitrogens with zero attached hydrogens (tertiary/aromatic N) is 2. The summed E-state index contributed by atoms with van der Waals surface area (Å²) in [5, 5.41) is 3.39. The van der Waals surface area contributed by atoms with Gasteiger partial charge < -0.3 is 11.1 Å². The highest BCUT2D eigenvalue weighted by molar-refractivity contribution is 5.79. The predicted octanol–water partition coefficient (Wildman–Crippen LogP) is 2.73. The van der Waals surface area contributed by atoms with Crippen molar-refractivity contribution in [3.63, 3.8) is 0 Å². The van der Waals surface area contributed by atoms with Crippen LogP contribution in [0.4, 0.5) is 11.6 Å². The summed E-state index contributed by atoms with van der Waals surface area (Å²) in [6, 6.07) is 8.18. The van der Waals surface area contributed by atoms with Gasteiger partial charge in [-0.1, -0.05) is 24.3 Å². The number of hydrogen-bond acceptors (Lipinski definition) is 4. The van der Waals surface area contributed by atoms with E-state index in [2.05, 4.69) is 27.4 Å². The first-order valence-electron chi connectivity index (χ1n) is 6.27. The van der Waals surface area contributed by atoms with Crippen LogP contribution in [0.15, 0.2) is 36.4 Å². The van der Waals surface area contributed by atoms with Crippen molar-refractivity contribution in [1.29, 1.82) is 0 Å². The molecule has 1 atom stereocenters. The van der Waals surface area contributed by atoms with Crippen molar-refractivity contribution in [1.82, 2.24) is 9.97 Å². The van der Waals surface area contributed by atoms with Crippen LogP contribution in [0, 0.1) is 0 Å². The standard InChI is InChI=1S/C14H16N4/c15-13-14(16-10-6-2-1-3-7-10)18-12-9-5-4-8-11(12)17-13/h1-2,4-5,8-10H,3,6-7H2,(H2,15,17)(H,16,18). The molecule has 0 spiro atoms. The number of allylic oxidation sites excluding steroid dienone is 1.